The van der Waals surface area contributed by atoms with Crippen LogP contribution < -0.4 is 79.9 Å². The average molecular weight is 700 g/mol. The molecule has 15 nitrogen and oxygen atoms in total. The summed E-state index contributed by atoms with van der Waals surface area (Å²) >= 11 is 0. The molecule has 0 saturated carbocycles. The molecular weight excluding hydrogens is 654 g/mol. The van der Waals surface area contributed by atoms with Gasteiger partial charge in [-0.15, -0.1) is 0 Å². The van der Waals surface area contributed by atoms with Gasteiger partial charge >= 0.3 is 64.8 Å². The number of ether oxygens (including phenoxy) is 1. The molecule has 1 aliphatic heterocycles. The fourth-order valence-electron chi connectivity index (χ4n) is 4.77. The third kappa shape index (κ3) is 18.7. The van der Waals surface area contributed by atoms with Crippen molar-refractivity contribution in [2.75, 3.05) is 11.9 Å². The number of phosphoric acid groups is 2. The summed E-state index contributed by atoms with van der Waals surface area (Å²) in [5.74, 6) is -0.317. The zero-order valence-corrected chi connectivity index (χ0v) is 32.4. The van der Waals surface area contributed by atoms with Gasteiger partial charge in [0.25, 0.3) is 15.6 Å². The molecule has 19 heteroatoms. The van der Waals surface area contributed by atoms with Gasteiger partial charge in [-0.25, -0.2) is 9.11 Å². The van der Waals surface area contributed by atoms with E-state index in [1.165, 1.54) is 76.5 Å². The summed E-state index contributed by atoms with van der Waals surface area (Å²) in [7, 11) is -11.2. The molecular formula is C26H45N3Na2O12P2. The molecule has 1 amide bonds. The number of hydrogen-bond donors (Lipinski definition) is 4. The predicted molar refractivity (Wildman–Crippen MR) is 152 cm³/mol. The van der Waals surface area contributed by atoms with E-state index in [4.69, 9.17) is 9.63 Å². The first-order valence-electron chi connectivity index (χ1n) is 14.9. The van der Waals surface area contributed by atoms with Gasteiger partial charge in [0.15, 0.2) is 6.23 Å². The summed E-state index contributed by atoms with van der Waals surface area (Å²) < 4.78 is 35.9. The van der Waals surface area contributed by atoms with Crippen LogP contribution in [0.3, 0.4) is 0 Å². The first-order valence-corrected chi connectivity index (χ1v) is 17.9. The van der Waals surface area contributed by atoms with Gasteiger partial charge in [0.2, 0.25) is 5.91 Å². The number of unbranched alkanes of at least 4 members (excludes halogenated alkanes) is 13. The second-order valence-corrected chi connectivity index (χ2v) is 13.5. The molecule has 2 unspecified atom stereocenters. The molecule has 0 aliphatic carbocycles. The van der Waals surface area contributed by atoms with E-state index in [1.807, 2.05) is 0 Å². The van der Waals surface area contributed by atoms with E-state index in [1.54, 1.807) is 0 Å². The smallest absolute Gasteiger partial charge is 0.756 e. The summed E-state index contributed by atoms with van der Waals surface area (Å²) in [4.78, 5) is 59.1. The quantitative estimate of drug-likeness (QED) is 0.0527. The van der Waals surface area contributed by atoms with Crippen LogP contribution in [0.25, 0.3) is 0 Å². The molecule has 0 radical (unpaired) electrons. The second kappa shape index (κ2) is 23.8. The van der Waals surface area contributed by atoms with Crippen LogP contribution in [0.1, 0.15) is 109 Å². The summed E-state index contributed by atoms with van der Waals surface area (Å²) in [6.07, 6.45) is 11.8. The van der Waals surface area contributed by atoms with E-state index < -0.39 is 52.5 Å². The molecule has 1 aliphatic rings. The number of carbonyl (C=O) groups excluding carboxylic acids is 1. The van der Waals surface area contributed by atoms with Gasteiger partial charge in [0.05, 0.1) is 6.61 Å². The van der Waals surface area contributed by atoms with Crippen LogP contribution in [0.4, 0.5) is 5.82 Å². The Labute approximate surface area is 308 Å². The van der Waals surface area contributed by atoms with Crippen LogP contribution in [0.15, 0.2) is 17.1 Å². The minimum absolute atomic E-state index is 0. The fourth-order valence-corrected chi connectivity index (χ4v) is 6.30. The molecule has 4 N–H and O–H groups in total. The number of nitrogens with one attached hydrogen (secondary N) is 1. The van der Waals surface area contributed by atoms with Crippen molar-refractivity contribution in [3.05, 3.63) is 22.7 Å². The fraction of sp³-hybridized carbons (Fsp3) is 0.808. The molecule has 45 heavy (non-hydrogen) atoms. The van der Waals surface area contributed by atoms with Crippen molar-refractivity contribution in [1.29, 1.82) is 0 Å². The number of anilines is 1. The summed E-state index contributed by atoms with van der Waals surface area (Å²) in [6.45, 7) is 1.23. The number of nitrogens with zero attached hydrogens (tertiary/aromatic N) is 2. The summed E-state index contributed by atoms with van der Waals surface area (Å²) in [5.41, 5.74) is -0.933. The van der Waals surface area contributed by atoms with Gasteiger partial charge in [0.1, 0.15) is 24.1 Å². The topological polar surface area (TPSA) is 233 Å². The number of aliphatic hydroxyl groups excluding tert-OH is 2. The summed E-state index contributed by atoms with van der Waals surface area (Å²) in [6, 6.07) is 1.30. The maximum atomic E-state index is 12.5. The third-order valence-electron chi connectivity index (χ3n) is 7.07. The molecule has 1 fully saturated rings. The number of hydrogen-bond acceptors (Lipinski definition) is 12. The molecule has 2 heterocycles. The van der Waals surface area contributed by atoms with Crippen LogP contribution in [-0.2, 0) is 27.5 Å². The predicted octanol–water partition coefficient (Wildman–Crippen LogP) is -3.36. The number of aliphatic hydroxyl groups is 2. The van der Waals surface area contributed by atoms with Gasteiger partial charge in [-0.05, 0) is 12.5 Å². The number of rotatable bonds is 22. The molecule has 0 aromatic carbocycles. The van der Waals surface area contributed by atoms with Gasteiger partial charge in [-0.3, -0.25) is 18.5 Å². The Morgan fingerprint density at radius 2 is 1.47 bits per heavy atom. The molecule has 0 spiro atoms. The van der Waals surface area contributed by atoms with E-state index in [9.17, 15) is 38.7 Å². The van der Waals surface area contributed by atoms with Crippen LogP contribution in [0, 0.1) is 0 Å². The number of amides is 1. The maximum Gasteiger partial charge on any atom is 1.00 e. The molecule has 1 aromatic rings. The van der Waals surface area contributed by atoms with Gasteiger partial charge in [-0.2, -0.15) is 4.98 Å². The SMILES string of the molecule is CCCCCCCCCCCCCCCCC(=O)Nc1ccn([C@@H]2O[C@H](COP(=O)([O-])OP(=O)([O-])O)[C@@H](O)[C@H]2O)c(=O)n1.[Na+].[Na+]. The third-order valence-corrected chi connectivity index (χ3v) is 9.16. The standard InChI is InChI=1S/C26H47N3O12P2.2Na/c1-2-3-4-5-6-7-8-9-10-11-12-13-14-15-16-22(30)27-21-17-18-29(26(33)28-21)25-24(32)23(31)20(40-25)19-39-43(37,38)41-42(34,35)36;;/h17-18,20,23-25,31-32H,2-16,19H2,1H3,(H,37,38)(H2,34,35,36)(H,27,28,30,33);;/q;2*+1/p-2/t20-,23-,24-,25-;;/m1../s1. The van der Waals surface area contributed by atoms with E-state index in [2.05, 4.69) is 26.1 Å². The van der Waals surface area contributed by atoms with Crippen molar-refractivity contribution in [2.24, 2.45) is 0 Å². The van der Waals surface area contributed by atoms with Crippen molar-refractivity contribution in [3.8, 4) is 0 Å². The molecule has 1 aromatic heterocycles. The Morgan fingerprint density at radius 1 is 0.956 bits per heavy atom. The van der Waals surface area contributed by atoms with Crippen molar-refractivity contribution < 1.29 is 112 Å². The molecule has 1 saturated heterocycles. The number of carbonyl (C=O) groups is 1. The van der Waals surface area contributed by atoms with Gasteiger partial charge in [0, 0.05) is 12.6 Å². The van der Waals surface area contributed by atoms with E-state index in [0.29, 0.717) is 6.42 Å². The van der Waals surface area contributed by atoms with Crippen LogP contribution in [0.2, 0.25) is 0 Å². The number of aromatic nitrogens is 2. The minimum Gasteiger partial charge on any atom is -0.756 e. The second-order valence-electron chi connectivity index (χ2n) is 10.7. The zero-order chi connectivity index (χ0) is 31.9. The van der Waals surface area contributed by atoms with Crippen LogP contribution in [0.5, 0.6) is 0 Å². The normalized spacial score (nSPS) is 22.1. The Balaban J connectivity index is 0.00000968. The maximum absolute atomic E-state index is 12.5. The van der Waals surface area contributed by atoms with Crippen molar-refractivity contribution >= 4 is 27.4 Å². The average Bonchev–Trinajstić information content (AvgIpc) is 3.19. The zero-order valence-electron chi connectivity index (χ0n) is 26.6. The van der Waals surface area contributed by atoms with Crippen molar-refractivity contribution in [1.82, 2.24) is 9.55 Å². The molecule has 2 rings (SSSR count). The molecule has 248 valence electrons. The Morgan fingerprint density at radius 3 is 1.96 bits per heavy atom. The van der Waals surface area contributed by atoms with E-state index in [-0.39, 0.29) is 77.3 Å². The first kappa shape index (κ1) is 45.5. The van der Waals surface area contributed by atoms with Crippen molar-refractivity contribution in [3.63, 3.8) is 0 Å². The van der Waals surface area contributed by atoms with Crippen LogP contribution >= 0.6 is 15.6 Å². The monoisotopic (exact) mass is 699 g/mol. The van der Waals surface area contributed by atoms with Gasteiger partial charge < -0.3 is 39.5 Å². The Bertz CT molecular complexity index is 1140. The van der Waals surface area contributed by atoms with Crippen LogP contribution in [-0.4, -0.2) is 55.5 Å². The molecule has 0 bridgehead atoms. The number of phosphoric ester groups is 1. The largest absolute Gasteiger partial charge is 1.00 e. The Hall–Kier alpha value is 0.490. The van der Waals surface area contributed by atoms with Gasteiger partial charge in [-0.1, -0.05) is 90.4 Å². The van der Waals surface area contributed by atoms with E-state index >= 15 is 0 Å². The first-order chi connectivity index (χ1) is 20.3. The van der Waals surface area contributed by atoms with E-state index in [0.717, 1.165) is 23.8 Å². The summed E-state index contributed by atoms with van der Waals surface area (Å²) in [5, 5.41) is 23.0. The molecule has 6 atom stereocenters. The van der Waals surface area contributed by atoms with Crippen molar-refractivity contribution in [2.45, 2.75) is 128 Å². The minimum atomic E-state index is -5.66. The Kier molecular flexibility index (Phi) is 24.0.